The molecule has 0 bridgehead atoms. The molecule has 0 aromatic heterocycles. The largest absolute Gasteiger partial charge is 0.505 e. The third-order valence-corrected chi connectivity index (χ3v) is 3.60. The summed E-state index contributed by atoms with van der Waals surface area (Å²) in [5.74, 6) is -2.03. The van der Waals surface area contributed by atoms with E-state index >= 15 is 0 Å². The first-order chi connectivity index (χ1) is 12.7. The Morgan fingerprint density at radius 1 is 1.07 bits per heavy atom. The Labute approximate surface area is 152 Å². The van der Waals surface area contributed by atoms with Crippen LogP contribution in [0.1, 0.15) is 23.6 Å². The van der Waals surface area contributed by atoms with Crippen molar-refractivity contribution in [2.75, 3.05) is 6.54 Å². The van der Waals surface area contributed by atoms with E-state index in [1.807, 2.05) is 0 Å². The van der Waals surface area contributed by atoms with Gasteiger partial charge in [-0.3, -0.25) is 0 Å². The fraction of sp³-hybridized carbons (Fsp3) is 0.278. The predicted molar refractivity (Wildman–Crippen MR) is 91.1 cm³/mol. The Kier molecular flexibility index (Phi) is 6.59. The number of alkyl halides is 3. The number of hydrogen-bond donors (Lipinski definition) is 3. The van der Waals surface area contributed by atoms with Gasteiger partial charge < -0.3 is 15.7 Å². The van der Waals surface area contributed by atoms with Crippen molar-refractivity contribution in [3.8, 4) is 5.75 Å². The lowest BCUT2D eigenvalue weighted by atomic mass is 10.1. The van der Waals surface area contributed by atoms with Crippen LogP contribution in [0, 0.1) is 11.6 Å². The van der Waals surface area contributed by atoms with Crippen molar-refractivity contribution in [1.29, 1.82) is 0 Å². The number of nitrogens with zero attached hydrogens (tertiary/aromatic N) is 1. The van der Waals surface area contributed by atoms with Crippen molar-refractivity contribution in [2.24, 2.45) is 4.99 Å². The van der Waals surface area contributed by atoms with E-state index < -0.39 is 29.1 Å². The lowest BCUT2D eigenvalue weighted by Gasteiger charge is -2.16. The lowest BCUT2D eigenvalue weighted by Crippen LogP contribution is -2.37. The topological polar surface area (TPSA) is 56.7 Å². The Hall–Kier alpha value is -2.84. The number of benzene rings is 2. The summed E-state index contributed by atoms with van der Waals surface area (Å²) in [4.78, 5) is 4.17. The first-order valence-corrected chi connectivity index (χ1v) is 8.06. The summed E-state index contributed by atoms with van der Waals surface area (Å²) in [6.45, 7) is 2.04. The molecule has 0 spiro atoms. The Bertz CT molecular complexity index is 821. The molecular weight excluding hydrogens is 369 g/mol. The number of aromatic hydroxyl groups is 1. The minimum Gasteiger partial charge on any atom is -0.505 e. The van der Waals surface area contributed by atoms with Crippen LogP contribution in [-0.4, -0.2) is 17.6 Å². The molecule has 0 unspecified atom stereocenters. The average Bonchev–Trinajstić information content (AvgIpc) is 2.60. The Morgan fingerprint density at radius 3 is 2.44 bits per heavy atom. The van der Waals surface area contributed by atoms with Crippen molar-refractivity contribution in [2.45, 2.75) is 26.2 Å². The number of aliphatic imine (C=N–C) groups is 1. The molecule has 0 heterocycles. The first-order valence-electron chi connectivity index (χ1n) is 8.06. The van der Waals surface area contributed by atoms with Crippen LogP contribution in [0.4, 0.5) is 22.0 Å². The molecule has 3 N–H and O–H groups in total. The monoisotopic (exact) mass is 387 g/mol. The maximum atomic E-state index is 13.3. The van der Waals surface area contributed by atoms with Gasteiger partial charge in [0.1, 0.15) is 5.82 Å². The summed E-state index contributed by atoms with van der Waals surface area (Å²) in [5.41, 5.74) is -0.725. The summed E-state index contributed by atoms with van der Waals surface area (Å²) in [7, 11) is 0. The van der Waals surface area contributed by atoms with Gasteiger partial charge in [-0.25, -0.2) is 13.8 Å². The second-order valence-corrected chi connectivity index (χ2v) is 5.63. The highest BCUT2D eigenvalue weighted by molar-refractivity contribution is 5.79. The second kappa shape index (κ2) is 8.70. The van der Waals surface area contributed by atoms with Crippen LogP contribution in [-0.2, 0) is 19.3 Å². The van der Waals surface area contributed by atoms with Crippen molar-refractivity contribution in [3.63, 3.8) is 0 Å². The molecule has 4 nitrogen and oxygen atoms in total. The van der Waals surface area contributed by atoms with E-state index in [0.717, 1.165) is 18.2 Å². The van der Waals surface area contributed by atoms with Crippen molar-refractivity contribution >= 4 is 5.96 Å². The summed E-state index contributed by atoms with van der Waals surface area (Å²) in [6, 6.07) is 6.24. The minimum atomic E-state index is -4.68. The molecule has 2 rings (SSSR count). The van der Waals surface area contributed by atoms with E-state index in [9.17, 15) is 27.1 Å². The van der Waals surface area contributed by atoms with Gasteiger partial charge in [0.2, 0.25) is 0 Å². The van der Waals surface area contributed by atoms with E-state index in [-0.39, 0.29) is 24.6 Å². The van der Waals surface area contributed by atoms with Crippen LogP contribution in [0.3, 0.4) is 0 Å². The van der Waals surface area contributed by atoms with Crippen LogP contribution in [0.5, 0.6) is 5.75 Å². The molecule has 0 fully saturated rings. The highest BCUT2D eigenvalue weighted by Crippen LogP contribution is 2.32. The molecule has 9 heteroatoms. The molecule has 0 amide bonds. The molecule has 27 heavy (non-hydrogen) atoms. The maximum Gasteiger partial charge on any atom is 0.416 e. The number of hydrogen-bond acceptors (Lipinski definition) is 2. The van der Waals surface area contributed by atoms with Gasteiger partial charge in [-0.1, -0.05) is 12.1 Å². The lowest BCUT2D eigenvalue weighted by molar-refractivity contribution is -0.138. The van der Waals surface area contributed by atoms with Gasteiger partial charge in [-0.2, -0.15) is 13.2 Å². The third kappa shape index (κ3) is 5.83. The molecule has 0 aliphatic carbocycles. The predicted octanol–water partition coefficient (Wildman–Crippen LogP) is 3.94. The second-order valence-electron chi connectivity index (χ2n) is 5.63. The highest BCUT2D eigenvalue weighted by Gasteiger charge is 2.33. The first kappa shape index (κ1) is 20.5. The summed E-state index contributed by atoms with van der Waals surface area (Å²) < 4.78 is 65.6. The molecule has 0 saturated carbocycles. The number of guanidine groups is 1. The van der Waals surface area contributed by atoms with E-state index in [0.29, 0.717) is 18.2 Å². The van der Waals surface area contributed by atoms with Crippen molar-refractivity contribution in [1.82, 2.24) is 10.6 Å². The highest BCUT2D eigenvalue weighted by atomic mass is 19.4. The SMILES string of the molecule is CCNC(=NCc1ccc(O)c(F)c1)NCc1ccc(F)cc1C(F)(F)F. The van der Waals surface area contributed by atoms with Gasteiger partial charge in [0, 0.05) is 13.1 Å². The number of rotatable bonds is 5. The molecule has 0 atom stereocenters. The molecule has 146 valence electrons. The average molecular weight is 387 g/mol. The zero-order valence-electron chi connectivity index (χ0n) is 14.4. The molecule has 0 aliphatic rings. The van der Waals surface area contributed by atoms with Gasteiger partial charge >= 0.3 is 6.18 Å². The van der Waals surface area contributed by atoms with Gasteiger partial charge in [-0.05, 0) is 42.3 Å². The molecule has 0 saturated heterocycles. The van der Waals surface area contributed by atoms with Gasteiger partial charge in [0.25, 0.3) is 0 Å². The summed E-state index contributed by atoms with van der Waals surface area (Å²) in [5, 5.41) is 14.8. The minimum absolute atomic E-state index is 0.0437. The fourth-order valence-electron chi connectivity index (χ4n) is 2.31. The van der Waals surface area contributed by atoms with Crippen molar-refractivity contribution < 1.29 is 27.1 Å². The number of halogens is 5. The number of phenols is 1. The molecular formula is C18H18F5N3O. The standard InChI is InChI=1S/C18H18F5N3O/c1-2-24-17(25-9-11-3-6-16(27)15(20)7-11)26-10-12-4-5-13(19)8-14(12)18(21,22)23/h3-8,27H,2,9-10H2,1H3,(H2,24,25,26). The van der Waals surface area contributed by atoms with Gasteiger partial charge in [-0.15, -0.1) is 0 Å². The van der Waals surface area contributed by atoms with Crippen LogP contribution in [0.15, 0.2) is 41.4 Å². The van der Waals surface area contributed by atoms with Crippen LogP contribution >= 0.6 is 0 Å². The fourth-order valence-corrected chi connectivity index (χ4v) is 2.31. The quantitative estimate of drug-likeness (QED) is 0.414. The summed E-state index contributed by atoms with van der Waals surface area (Å²) in [6.07, 6.45) is -4.68. The van der Waals surface area contributed by atoms with E-state index in [1.54, 1.807) is 6.92 Å². The maximum absolute atomic E-state index is 13.3. The molecule has 0 aliphatic heterocycles. The number of nitrogens with one attached hydrogen (secondary N) is 2. The normalized spacial score (nSPS) is 12.1. The molecule has 2 aromatic carbocycles. The Morgan fingerprint density at radius 2 is 1.81 bits per heavy atom. The molecule has 2 aromatic rings. The zero-order chi connectivity index (χ0) is 20.0. The van der Waals surface area contributed by atoms with E-state index in [1.165, 1.54) is 12.1 Å². The zero-order valence-corrected chi connectivity index (χ0v) is 14.4. The van der Waals surface area contributed by atoms with Gasteiger partial charge in [0.15, 0.2) is 17.5 Å². The third-order valence-electron chi connectivity index (χ3n) is 3.60. The van der Waals surface area contributed by atoms with Crippen LogP contribution < -0.4 is 10.6 Å². The summed E-state index contributed by atoms with van der Waals surface area (Å²) >= 11 is 0. The Balaban J connectivity index is 2.13. The molecule has 0 radical (unpaired) electrons. The van der Waals surface area contributed by atoms with Crippen LogP contribution in [0.2, 0.25) is 0 Å². The van der Waals surface area contributed by atoms with Gasteiger partial charge in [0.05, 0.1) is 12.1 Å². The van der Waals surface area contributed by atoms with Crippen LogP contribution in [0.25, 0.3) is 0 Å². The smallest absolute Gasteiger partial charge is 0.416 e. The van der Waals surface area contributed by atoms with E-state index in [2.05, 4.69) is 15.6 Å². The van der Waals surface area contributed by atoms with Crippen molar-refractivity contribution in [3.05, 3.63) is 64.7 Å². The number of phenolic OH excluding ortho intramolecular Hbond substituents is 1. The van der Waals surface area contributed by atoms with E-state index in [4.69, 9.17) is 0 Å².